The van der Waals surface area contributed by atoms with E-state index < -0.39 is 39.9 Å². The largest absolute Gasteiger partial charge is 0.472 e. The summed E-state index contributed by atoms with van der Waals surface area (Å²) in [4.78, 5) is 11.7. The lowest BCUT2D eigenvalue weighted by atomic mass is 10.1. The van der Waals surface area contributed by atoms with Gasteiger partial charge in [0.1, 0.15) is 12.4 Å². The van der Waals surface area contributed by atoms with Crippen molar-refractivity contribution in [2.24, 2.45) is 0 Å². The van der Waals surface area contributed by atoms with Crippen molar-refractivity contribution in [3.63, 3.8) is 0 Å². The molecule has 0 heterocycles. The number of hydrogen-bond donors (Lipinski definition) is 1. The number of esters is 1. The van der Waals surface area contributed by atoms with Gasteiger partial charge < -0.3 is 9.47 Å². The summed E-state index contributed by atoms with van der Waals surface area (Å²) < 4.78 is 53.1. The first kappa shape index (κ1) is 17.9. The molecule has 1 aromatic rings. The molecule has 0 unspecified atom stereocenters. The molecule has 0 fully saturated rings. The van der Waals surface area contributed by atoms with Crippen LogP contribution in [0.1, 0.15) is 24.2 Å². The monoisotopic (exact) mass is 330 g/mol. The molecule has 120 valence electrons. The number of hydrogen-bond acceptors (Lipinski definition) is 5. The van der Waals surface area contributed by atoms with E-state index >= 15 is 0 Å². The lowest BCUT2D eigenvalue weighted by Gasteiger charge is -2.20. The Labute approximate surface area is 128 Å². The molecule has 0 aromatic heterocycles. The Morgan fingerprint density at radius 2 is 2.09 bits per heavy atom. The molecule has 22 heavy (non-hydrogen) atoms. The normalized spacial score (nSPS) is 11.6. The fraction of sp³-hybridized carbons (Fsp3) is 0.357. The second-order valence-electron chi connectivity index (χ2n) is 4.82. The van der Waals surface area contributed by atoms with E-state index in [-0.39, 0.29) is 11.3 Å². The standard InChI is InChI=1S/C14H15FO6S/c1-4-14(2,3)21-12-9-10(5-6-11(12)15)13(16)20-7-8-22(17,18)19/h1,5-6,9H,7-8H2,2-3H3,(H,17,18,19). The summed E-state index contributed by atoms with van der Waals surface area (Å²) in [6.45, 7) is 2.56. The van der Waals surface area contributed by atoms with E-state index in [2.05, 4.69) is 10.7 Å². The molecule has 0 spiro atoms. The summed E-state index contributed by atoms with van der Waals surface area (Å²) in [7, 11) is -4.23. The predicted molar refractivity (Wildman–Crippen MR) is 76.6 cm³/mol. The maximum absolute atomic E-state index is 13.6. The van der Waals surface area contributed by atoms with Crippen LogP contribution in [-0.4, -0.2) is 36.9 Å². The second-order valence-corrected chi connectivity index (χ2v) is 6.40. The highest BCUT2D eigenvalue weighted by atomic mass is 32.2. The molecule has 8 heteroatoms. The number of terminal acetylenes is 1. The third-order valence-electron chi connectivity index (χ3n) is 2.45. The van der Waals surface area contributed by atoms with Crippen LogP contribution in [0.25, 0.3) is 0 Å². The lowest BCUT2D eigenvalue weighted by Crippen LogP contribution is -2.26. The Morgan fingerprint density at radius 1 is 1.45 bits per heavy atom. The summed E-state index contributed by atoms with van der Waals surface area (Å²) in [6, 6.07) is 3.26. The first-order valence-corrected chi connectivity index (χ1v) is 7.73. The van der Waals surface area contributed by atoms with E-state index in [1.807, 2.05) is 0 Å². The molecule has 0 atom stereocenters. The summed E-state index contributed by atoms with van der Waals surface area (Å²) in [5.41, 5.74) is -1.12. The Hall–Kier alpha value is -2.11. The maximum Gasteiger partial charge on any atom is 0.338 e. The topological polar surface area (TPSA) is 89.9 Å². The number of ether oxygens (including phenoxy) is 2. The zero-order chi connectivity index (χ0) is 17.0. The van der Waals surface area contributed by atoms with Crippen molar-refractivity contribution in [1.82, 2.24) is 0 Å². The van der Waals surface area contributed by atoms with Gasteiger partial charge in [-0.1, -0.05) is 5.92 Å². The van der Waals surface area contributed by atoms with Crippen LogP contribution in [0, 0.1) is 18.2 Å². The van der Waals surface area contributed by atoms with Crippen molar-refractivity contribution in [2.45, 2.75) is 19.4 Å². The number of halogens is 1. The van der Waals surface area contributed by atoms with Gasteiger partial charge in [-0.2, -0.15) is 8.42 Å². The zero-order valence-corrected chi connectivity index (χ0v) is 12.8. The van der Waals surface area contributed by atoms with Crippen LogP contribution in [-0.2, 0) is 14.9 Å². The Morgan fingerprint density at radius 3 is 2.64 bits per heavy atom. The van der Waals surface area contributed by atoms with Crippen LogP contribution < -0.4 is 4.74 Å². The highest BCUT2D eigenvalue weighted by Crippen LogP contribution is 2.23. The van der Waals surface area contributed by atoms with Crippen molar-refractivity contribution >= 4 is 16.1 Å². The third-order valence-corrected chi connectivity index (χ3v) is 3.14. The molecule has 0 bridgehead atoms. The van der Waals surface area contributed by atoms with E-state index in [9.17, 15) is 17.6 Å². The Bertz CT molecular complexity index is 703. The molecule has 0 aliphatic carbocycles. The van der Waals surface area contributed by atoms with Crippen LogP contribution in [0.2, 0.25) is 0 Å². The van der Waals surface area contributed by atoms with Gasteiger partial charge in [0.15, 0.2) is 17.2 Å². The minimum atomic E-state index is -4.23. The fourth-order valence-corrected chi connectivity index (χ4v) is 1.63. The van der Waals surface area contributed by atoms with Crippen molar-refractivity contribution in [2.75, 3.05) is 12.4 Å². The van der Waals surface area contributed by atoms with Crippen LogP contribution in [0.3, 0.4) is 0 Å². The lowest BCUT2D eigenvalue weighted by molar-refractivity contribution is 0.0527. The van der Waals surface area contributed by atoms with E-state index in [4.69, 9.17) is 15.7 Å². The van der Waals surface area contributed by atoms with Crippen molar-refractivity contribution in [3.8, 4) is 18.1 Å². The highest BCUT2D eigenvalue weighted by molar-refractivity contribution is 7.85. The van der Waals surface area contributed by atoms with Crippen molar-refractivity contribution in [1.29, 1.82) is 0 Å². The quantitative estimate of drug-likeness (QED) is 0.485. The van der Waals surface area contributed by atoms with E-state index in [1.165, 1.54) is 0 Å². The van der Waals surface area contributed by atoms with Gasteiger partial charge in [0.25, 0.3) is 10.1 Å². The van der Waals surface area contributed by atoms with E-state index in [1.54, 1.807) is 13.8 Å². The summed E-state index contributed by atoms with van der Waals surface area (Å²) in [5.74, 6) is -0.234. The van der Waals surface area contributed by atoms with Gasteiger partial charge in [-0.15, -0.1) is 6.42 Å². The van der Waals surface area contributed by atoms with Crippen molar-refractivity contribution in [3.05, 3.63) is 29.6 Å². The molecule has 6 nitrogen and oxygen atoms in total. The highest BCUT2D eigenvalue weighted by Gasteiger charge is 2.20. The van der Waals surface area contributed by atoms with Crippen molar-refractivity contribution < 1.29 is 31.6 Å². The average Bonchev–Trinajstić information content (AvgIpc) is 2.39. The molecule has 0 radical (unpaired) electrons. The van der Waals surface area contributed by atoms with Gasteiger partial charge in [-0.3, -0.25) is 4.55 Å². The van der Waals surface area contributed by atoms with Gasteiger partial charge in [-0.05, 0) is 32.0 Å². The number of carbonyl (C=O) groups is 1. The first-order chi connectivity index (χ1) is 10.0. The molecule has 0 saturated carbocycles. The number of benzene rings is 1. The van der Waals surface area contributed by atoms with Crippen LogP contribution in [0.4, 0.5) is 4.39 Å². The average molecular weight is 330 g/mol. The van der Waals surface area contributed by atoms with Gasteiger partial charge in [0.2, 0.25) is 0 Å². The third kappa shape index (κ3) is 5.71. The molecular formula is C14H15FO6S. The maximum atomic E-state index is 13.6. The van der Waals surface area contributed by atoms with E-state index in [0.29, 0.717) is 0 Å². The minimum Gasteiger partial charge on any atom is -0.472 e. The van der Waals surface area contributed by atoms with Gasteiger partial charge >= 0.3 is 5.97 Å². The summed E-state index contributed by atoms with van der Waals surface area (Å²) in [6.07, 6.45) is 5.24. The predicted octanol–water partition coefficient (Wildman–Crippen LogP) is 1.66. The minimum absolute atomic E-state index is 0.0421. The number of carbonyl (C=O) groups excluding carboxylic acids is 1. The first-order valence-electron chi connectivity index (χ1n) is 6.13. The van der Waals surface area contributed by atoms with Gasteiger partial charge in [0, 0.05) is 0 Å². The van der Waals surface area contributed by atoms with Gasteiger partial charge in [-0.25, -0.2) is 9.18 Å². The second kappa shape index (κ2) is 6.77. The zero-order valence-electron chi connectivity index (χ0n) is 12.0. The SMILES string of the molecule is C#CC(C)(C)Oc1cc(C(=O)OCCS(=O)(=O)O)ccc1F. The fourth-order valence-electron chi connectivity index (χ4n) is 1.34. The van der Waals surface area contributed by atoms with Crippen LogP contribution in [0.15, 0.2) is 18.2 Å². The summed E-state index contributed by atoms with van der Waals surface area (Å²) in [5, 5.41) is 0. The molecular weight excluding hydrogens is 315 g/mol. The molecule has 1 N–H and O–H groups in total. The molecule has 0 saturated heterocycles. The smallest absolute Gasteiger partial charge is 0.338 e. The summed E-state index contributed by atoms with van der Waals surface area (Å²) >= 11 is 0. The molecule has 0 amide bonds. The Balaban J connectivity index is 2.85. The molecule has 1 rings (SSSR count). The van der Waals surface area contributed by atoms with Crippen LogP contribution in [0.5, 0.6) is 5.75 Å². The number of rotatable bonds is 6. The molecule has 0 aliphatic rings. The molecule has 1 aromatic carbocycles. The Kier molecular flexibility index (Phi) is 5.52. The van der Waals surface area contributed by atoms with Gasteiger partial charge in [0.05, 0.1) is 5.56 Å². The van der Waals surface area contributed by atoms with E-state index in [0.717, 1.165) is 18.2 Å². The molecule has 0 aliphatic heterocycles. The van der Waals surface area contributed by atoms with Crippen LogP contribution >= 0.6 is 0 Å².